The Labute approximate surface area is 150 Å². The van der Waals surface area contributed by atoms with Crippen molar-refractivity contribution in [2.45, 2.75) is 13.3 Å². The van der Waals surface area contributed by atoms with Gasteiger partial charge in [-0.05, 0) is 48.7 Å². The summed E-state index contributed by atoms with van der Waals surface area (Å²) in [5, 5.41) is 1.40. The normalized spacial score (nSPS) is 13.1. The maximum atomic E-state index is 13.1. The Bertz CT molecular complexity index is 1310. The van der Waals surface area contributed by atoms with E-state index in [2.05, 4.69) is 0 Å². The minimum absolute atomic E-state index is 0.0332. The van der Waals surface area contributed by atoms with Crippen LogP contribution in [0.4, 0.5) is 0 Å². The molecule has 0 saturated carbocycles. The highest BCUT2D eigenvalue weighted by Crippen LogP contribution is 2.30. The van der Waals surface area contributed by atoms with Crippen LogP contribution in [0, 0.1) is 6.92 Å². The molecule has 3 nitrogen and oxygen atoms in total. The Morgan fingerprint density at radius 2 is 1.58 bits per heavy atom. The van der Waals surface area contributed by atoms with Gasteiger partial charge in [-0.3, -0.25) is 9.59 Å². The van der Waals surface area contributed by atoms with E-state index < -0.39 is 0 Å². The maximum Gasteiger partial charge on any atom is 0.197 e. The van der Waals surface area contributed by atoms with Gasteiger partial charge in [0.1, 0.15) is 0 Å². The van der Waals surface area contributed by atoms with Crippen LogP contribution in [0.25, 0.3) is 21.8 Å². The molecule has 1 aliphatic carbocycles. The first kappa shape index (κ1) is 15.1. The lowest BCUT2D eigenvalue weighted by molar-refractivity contribution is 0.103. The fourth-order valence-corrected chi connectivity index (χ4v) is 4.10. The smallest absolute Gasteiger partial charge is 0.197 e. The topological polar surface area (TPSA) is 39.1 Å². The van der Waals surface area contributed by atoms with Crippen molar-refractivity contribution in [2.75, 3.05) is 0 Å². The second kappa shape index (κ2) is 5.15. The molecule has 3 aromatic carbocycles. The molecule has 5 rings (SSSR count). The summed E-state index contributed by atoms with van der Waals surface area (Å²) < 4.78 is 2.01. The van der Waals surface area contributed by atoms with Crippen LogP contribution in [0.3, 0.4) is 0 Å². The van der Waals surface area contributed by atoms with Crippen LogP contribution in [0.2, 0.25) is 0 Å². The average molecular weight is 339 g/mol. The maximum absolute atomic E-state index is 13.1. The monoisotopic (exact) mass is 339 g/mol. The lowest BCUT2D eigenvalue weighted by atomic mass is 9.84. The van der Waals surface area contributed by atoms with Gasteiger partial charge in [-0.1, -0.05) is 35.9 Å². The van der Waals surface area contributed by atoms with E-state index >= 15 is 0 Å². The zero-order chi connectivity index (χ0) is 18.0. The number of carbonyl (C=O) groups excluding carboxylic acids is 1. The third-order valence-corrected chi connectivity index (χ3v) is 5.47. The Balaban J connectivity index is 1.89. The number of carbonyl (C=O) groups is 1. The number of ketones is 1. The zero-order valence-corrected chi connectivity index (χ0v) is 14.7. The highest BCUT2D eigenvalue weighted by Gasteiger charge is 2.24. The number of aryl methyl sites for hydroxylation is 2. The van der Waals surface area contributed by atoms with Crippen LogP contribution in [-0.4, -0.2) is 10.4 Å². The minimum Gasteiger partial charge on any atom is -0.343 e. The lowest BCUT2D eigenvalue weighted by Gasteiger charge is -2.20. The Kier molecular flexibility index (Phi) is 2.99. The summed E-state index contributed by atoms with van der Waals surface area (Å²) in [6.07, 6.45) is 0.683. The van der Waals surface area contributed by atoms with Gasteiger partial charge in [0.25, 0.3) is 0 Å². The number of benzene rings is 3. The van der Waals surface area contributed by atoms with Crippen molar-refractivity contribution in [3.8, 4) is 0 Å². The van der Waals surface area contributed by atoms with E-state index in [9.17, 15) is 9.59 Å². The van der Waals surface area contributed by atoms with E-state index in [1.807, 2.05) is 73.1 Å². The first-order chi connectivity index (χ1) is 12.5. The predicted molar refractivity (Wildman–Crippen MR) is 104 cm³/mol. The van der Waals surface area contributed by atoms with Crippen LogP contribution < -0.4 is 5.43 Å². The molecule has 0 unspecified atom stereocenters. The molecule has 3 heteroatoms. The fraction of sp³-hybridized carbons (Fsp3) is 0.130. The van der Waals surface area contributed by atoms with Gasteiger partial charge < -0.3 is 4.57 Å². The van der Waals surface area contributed by atoms with Gasteiger partial charge in [-0.25, -0.2) is 0 Å². The molecule has 0 spiro atoms. The summed E-state index contributed by atoms with van der Waals surface area (Å²) in [7, 11) is 1.95. The fourth-order valence-electron chi connectivity index (χ4n) is 4.10. The molecule has 0 N–H and O–H groups in total. The van der Waals surface area contributed by atoms with E-state index in [1.54, 1.807) is 0 Å². The largest absolute Gasteiger partial charge is 0.343 e. The number of rotatable bonds is 0. The third kappa shape index (κ3) is 1.94. The predicted octanol–water partition coefficient (Wildman–Crippen LogP) is 4.14. The number of aromatic nitrogens is 1. The quantitative estimate of drug-likeness (QED) is 0.398. The van der Waals surface area contributed by atoms with Crippen molar-refractivity contribution < 1.29 is 4.79 Å². The number of hydrogen-bond donors (Lipinski definition) is 0. The van der Waals surface area contributed by atoms with Crippen molar-refractivity contribution in [1.29, 1.82) is 0 Å². The van der Waals surface area contributed by atoms with Crippen LogP contribution >= 0.6 is 0 Å². The summed E-state index contributed by atoms with van der Waals surface area (Å²) in [5.41, 5.74) is 6.22. The van der Waals surface area contributed by atoms with Crippen molar-refractivity contribution in [3.63, 3.8) is 0 Å². The third-order valence-electron chi connectivity index (χ3n) is 5.47. The molecule has 0 fully saturated rings. The summed E-state index contributed by atoms with van der Waals surface area (Å²) in [6, 6.07) is 17.5. The molecule has 1 aromatic heterocycles. The second-order valence-corrected chi connectivity index (χ2v) is 7.10. The standard InChI is InChI=1S/C23H17NO2/c1-13-7-8-20-18(9-13)23(26)19-11-15-10-14-5-3-4-6-16(14)22(25)17(15)12-21(19)24(20)2/h3-9,11-12H,10H2,1-2H3. The SMILES string of the molecule is Cc1ccc2c(c1)c(=O)c1cc3c(cc1n2C)C(=O)c1ccccc1C3. The summed E-state index contributed by atoms with van der Waals surface area (Å²) in [4.78, 5) is 26.1. The van der Waals surface area contributed by atoms with E-state index in [1.165, 1.54) is 0 Å². The molecule has 126 valence electrons. The van der Waals surface area contributed by atoms with Gasteiger partial charge in [-0.15, -0.1) is 0 Å². The van der Waals surface area contributed by atoms with E-state index in [4.69, 9.17) is 0 Å². The van der Waals surface area contributed by atoms with Crippen molar-refractivity contribution in [1.82, 2.24) is 4.57 Å². The highest BCUT2D eigenvalue weighted by atomic mass is 16.1. The molecule has 26 heavy (non-hydrogen) atoms. The van der Waals surface area contributed by atoms with E-state index in [0.29, 0.717) is 17.4 Å². The van der Waals surface area contributed by atoms with E-state index in [-0.39, 0.29) is 11.2 Å². The second-order valence-electron chi connectivity index (χ2n) is 7.10. The molecule has 1 heterocycles. The molecule has 0 atom stereocenters. The van der Waals surface area contributed by atoms with Crippen LogP contribution in [0.15, 0.2) is 59.4 Å². The molecular formula is C23H17NO2. The van der Waals surface area contributed by atoms with Gasteiger partial charge >= 0.3 is 0 Å². The first-order valence-corrected chi connectivity index (χ1v) is 8.73. The van der Waals surface area contributed by atoms with Gasteiger partial charge in [0.15, 0.2) is 11.2 Å². The van der Waals surface area contributed by atoms with Crippen LogP contribution in [0.5, 0.6) is 0 Å². The van der Waals surface area contributed by atoms with Crippen LogP contribution in [-0.2, 0) is 13.5 Å². The molecule has 0 aliphatic heterocycles. The number of hydrogen-bond acceptors (Lipinski definition) is 2. The molecule has 1 aliphatic rings. The molecule has 0 bridgehead atoms. The molecule has 0 amide bonds. The average Bonchev–Trinajstić information content (AvgIpc) is 2.65. The van der Waals surface area contributed by atoms with Crippen molar-refractivity contribution in [3.05, 3.63) is 92.6 Å². The molecular weight excluding hydrogens is 322 g/mol. The first-order valence-electron chi connectivity index (χ1n) is 8.73. The van der Waals surface area contributed by atoms with Crippen molar-refractivity contribution in [2.24, 2.45) is 7.05 Å². The molecule has 0 radical (unpaired) electrons. The summed E-state index contributed by atoms with van der Waals surface area (Å²) in [5.74, 6) is 0.0419. The molecule has 0 saturated heterocycles. The van der Waals surface area contributed by atoms with Gasteiger partial charge in [0.2, 0.25) is 0 Å². The lowest BCUT2D eigenvalue weighted by Crippen LogP contribution is -2.17. The van der Waals surface area contributed by atoms with Gasteiger partial charge in [0.05, 0.1) is 11.0 Å². The Morgan fingerprint density at radius 3 is 2.42 bits per heavy atom. The number of fused-ring (bicyclic) bond motifs is 4. The molecule has 4 aromatic rings. The van der Waals surface area contributed by atoms with Crippen molar-refractivity contribution >= 4 is 27.6 Å². The minimum atomic E-state index is 0.0332. The number of pyridine rings is 1. The zero-order valence-electron chi connectivity index (χ0n) is 14.7. The Hall–Kier alpha value is -3.20. The number of nitrogens with zero attached hydrogens (tertiary/aromatic N) is 1. The highest BCUT2D eigenvalue weighted by molar-refractivity contribution is 6.14. The van der Waals surface area contributed by atoms with Gasteiger partial charge in [-0.2, -0.15) is 0 Å². The Morgan fingerprint density at radius 1 is 0.808 bits per heavy atom. The van der Waals surface area contributed by atoms with Gasteiger partial charge in [0, 0.05) is 28.9 Å². The summed E-state index contributed by atoms with van der Waals surface area (Å²) >= 11 is 0. The summed E-state index contributed by atoms with van der Waals surface area (Å²) in [6.45, 7) is 1.99. The van der Waals surface area contributed by atoms with E-state index in [0.717, 1.165) is 38.7 Å². The van der Waals surface area contributed by atoms with Crippen LogP contribution in [0.1, 0.15) is 32.6 Å².